The van der Waals surface area contributed by atoms with E-state index in [2.05, 4.69) is 16.4 Å². The van der Waals surface area contributed by atoms with Gasteiger partial charge in [-0.1, -0.05) is 12.2 Å². The third-order valence-corrected chi connectivity index (χ3v) is 4.34. The van der Waals surface area contributed by atoms with Gasteiger partial charge in [0.2, 0.25) is 5.91 Å². The van der Waals surface area contributed by atoms with Crippen molar-refractivity contribution in [2.24, 2.45) is 5.92 Å². The first-order chi connectivity index (χ1) is 10.6. The van der Waals surface area contributed by atoms with Gasteiger partial charge in [-0.05, 0) is 37.5 Å². The fraction of sp³-hybridized carbons (Fsp3) is 0.250. The van der Waals surface area contributed by atoms with Gasteiger partial charge >= 0.3 is 0 Å². The standard InChI is InChI=1S/C16H14F2N2OS/c17-11-6-7-13(18)12(8-11)14-9-22-16(19-14)20-15(21)10-4-2-1-3-5-10/h1-2,6-10H,3-5H2,(H,19,20,21). The van der Waals surface area contributed by atoms with Crippen LogP contribution in [-0.4, -0.2) is 10.9 Å². The summed E-state index contributed by atoms with van der Waals surface area (Å²) in [5, 5.41) is 4.76. The minimum Gasteiger partial charge on any atom is -0.302 e. The second-order valence-corrected chi connectivity index (χ2v) is 5.99. The Morgan fingerprint density at radius 1 is 1.32 bits per heavy atom. The Balaban J connectivity index is 1.75. The molecule has 2 aromatic rings. The van der Waals surface area contributed by atoms with E-state index in [9.17, 15) is 13.6 Å². The van der Waals surface area contributed by atoms with Crippen molar-refractivity contribution in [2.75, 3.05) is 5.32 Å². The summed E-state index contributed by atoms with van der Waals surface area (Å²) in [6.45, 7) is 0. The number of amides is 1. The van der Waals surface area contributed by atoms with Gasteiger partial charge in [0.05, 0.1) is 5.69 Å². The molecule has 0 bridgehead atoms. The van der Waals surface area contributed by atoms with E-state index in [0.717, 1.165) is 37.5 Å². The molecular weight excluding hydrogens is 306 g/mol. The summed E-state index contributed by atoms with van der Waals surface area (Å²) in [6.07, 6.45) is 6.51. The smallest absolute Gasteiger partial charge is 0.229 e. The molecule has 1 N–H and O–H groups in total. The van der Waals surface area contributed by atoms with Crippen LogP contribution < -0.4 is 5.32 Å². The maximum absolute atomic E-state index is 13.7. The fourth-order valence-electron chi connectivity index (χ4n) is 2.39. The van der Waals surface area contributed by atoms with Gasteiger partial charge in [0.1, 0.15) is 11.6 Å². The van der Waals surface area contributed by atoms with E-state index in [1.54, 1.807) is 5.38 Å². The molecule has 0 fully saturated rings. The van der Waals surface area contributed by atoms with Crippen LogP contribution in [0.4, 0.5) is 13.9 Å². The van der Waals surface area contributed by atoms with Gasteiger partial charge < -0.3 is 5.32 Å². The molecule has 1 heterocycles. The van der Waals surface area contributed by atoms with Crippen LogP contribution in [0, 0.1) is 17.6 Å². The molecule has 3 rings (SSSR count). The van der Waals surface area contributed by atoms with E-state index in [-0.39, 0.29) is 17.4 Å². The topological polar surface area (TPSA) is 42.0 Å². The lowest BCUT2D eigenvalue weighted by Gasteiger charge is -2.15. The number of nitrogens with one attached hydrogen (secondary N) is 1. The van der Waals surface area contributed by atoms with E-state index in [1.165, 1.54) is 11.3 Å². The highest BCUT2D eigenvalue weighted by Crippen LogP contribution is 2.28. The van der Waals surface area contributed by atoms with Gasteiger partial charge in [0.15, 0.2) is 5.13 Å². The van der Waals surface area contributed by atoms with Crippen molar-refractivity contribution < 1.29 is 13.6 Å². The normalized spacial score (nSPS) is 17.5. The summed E-state index contributed by atoms with van der Waals surface area (Å²) in [6, 6.07) is 3.23. The van der Waals surface area contributed by atoms with Gasteiger partial charge in [-0.3, -0.25) is 4.79 Å². The SMILES string of the molecule is O=C(Nc1nc(-c2cc(F)ccc2F)cs1)C1CC=CCC1. The van der Waals surface area contributed by atoms with Gasteiger partial charge in [-0.25, -0.2) is 13.8 Å². The summed E-state index contributed by atoms with van der Waals surface area (Å²) in [5.74, 6) is -1.20. The minimum atomic E-state index is -0.540. The zero-order valence-electron chi connectivity index (χ0n) is 11.7. The van der Waals surface area contributed by atoms with E-state index >= 15 is 0 Å². The first kappa shape index (κ1) is 14.8. The summed E-state index contributed by atoms with van der Waals surface area (Å²) in [5.41, 5.74) is 0.415. The van der Waals surface area contributed by atoms with Crippen molar-refractivity contribution in [1.82, 2.24) is 4.98 Å². The third kappa shape index (κ3) is 3.22. The van der Waals surface area contributed by atoms with Crippen molar-refractivity contribution >= 4 is 22.4 Å². The number of allylic oxidation sites excluding steroid dienone is 2. The monoisotopic (exact) mass is 320 g/mol. The number of carbonyl (C=O) groups excluding carboxylic acids is 1. The van der Waals surface area contributed by atoms with Crippen molar-refractivity contribution in [3.63, 3.8) is 0 Å². The Kier molecular flexibility index (Phi) is 4.29. The number of benzene rings is 1. The number of rotatable bonds is 3. The van der Waals surface area contributed by atoms with Crippen LogP contribution in [0.1, 0.15) is 19.3 Å². The maximum Gasteiger partial charge on any atom is 0.229 e. The van der Waals surface area contributed by atoms with Crippen LogP contribution in [0.5, 0.6) is 0 Å². The quantitative estimate of drug-likeness (QED) is 0.853. The first-order valence-electron chi connectivity index (χ1n) is 7.00. The van der Waals surface area contributed by atoms with Crippen LogP contribution in [0.2, 0.25) is 0 Å². The number of hydrogen-bond acceptors (Lipinski definition) is 3. The molecule has 0 saturated carbocycles. The molecule has 6 heteroatoms. The van der Waals surface area contributed by atoms with Gasteiger partial charge in [0.25, 0.3) is 0 Å². The molecule has 0 aliphatic heterocycles. The lowest BCUT2D eigenvalue weighted by molar-refractivity contribution is -0.120. The first-order valence-corrected chi connectivity index (χ1v) is 7.88. The molecular formula is C16H14F2N2OS. The van der Waals surface area contributed by atoms with E-state index in [4.69, 9.17) is 0 Å². The van der Waals surface area contributed by atoms with Crippen LogP contribution in [0.25, 0.3) is 11.3 Å². The van der Waals surface area contributed by atoms with Crippen molar-refractivity contribution in [3.05, 3.63) is 47.4 Å². The Bertz CT molecular complexity index is 727. The van der Waals surface area contributed by atoms with Crippen LogP contribution in [0.15, 0.2) is 35.7 Å². The number of carbonyl (C=O) groups is 1. The number of hydrogen-bond donors (Lipinski definition) is 1. The second-order valence-electron chi connectivity index (χ2n) is 5.13. The van der Waals surface area contributed by atoms with Gasteiger partial charge in [0, 0.05) is 16.9 Å². The predicted octanol–water partition coefficient (Wildman–Crippen LogP) is 4.38. The summed E-state index contributed by atoms with van der Waals surface area (Å²) in [7, 11) is 0. The average molecular weight is 320 g/mol. The Hall–Kier alpha value is -2.08. The van der Waals surface area contributed by atoms with Crippen LogP contribution >= 0.6 is 11.3 Å². The Morgan fingerprint density at radius 2 is 2.18 bits per heavy atom. The summed E-state index contributed by atoms with van der Waals surface area (Å²) >= 11 is 1.20. The molecule has 0 radical (unpaired) electrons. The highest BCUT2D eigenvalue weighted by Gasteiger charge is 2.20. The predicted molar refractivity (Wildman–Crippen MR) is 82.6 cm³/mol. The number of nitrogens with zero attached hydrogens (tertiary/aromatic N) is 1. The van der Waals surface area contributed by atoms with Gasteiger partial charge in [-0.2, -0.15) is 0 Å². The Morgan fingerprint density at radius 3 is 2.95 bits per heavy atom. The molecule has 1 amide bonds. The lowest BCUT2D eigenvalue weighted by atomic mass is 9.94. The number of thiazole rings is 1. The van der Waals surface area contributed by atoms with Crippen molar-refractivity contribution in [2.45, 2.75) is 19.3 Å². The van der Waals surface area contributed by atoms with Crippen molar-refractivity contribution in [1.29, 1.82) is 0 Å². The molecule has 114 valence electrons. The fourth-order valence-corrected chi connectivity index (χ4v) is 3.10. The molecule has 0 saturated heterocycles. The third-order valence-electron chi connectivity index (χ3n) is 3.58. The molecule has 1 unspecified atom stereocenters. The lowest BCUT2D eigenvalue weighted by Crippen LogP contribution is -2.23. The number of aromatic nitrogens is 1. The molecule has 22 heavy (non-hydrogen) atoms. The van der Waals surface area contributed by atoms with Gasteiger partial charge in [-0.15, -0.1) is 11.3 Å². The second kappa shape index (κ2) is 6.36. The van der Waals surface area contributed by atoms with Crippen LogP contribution in [0.3, 0.4) is 0 Å². The molecule has 1 aromatic carbocycles. The largest absolute Gasteiger partial charge is 0.302 e. The van der Waals surface area contributed by atoms with Crippen molar-refractivity contribution in [3.8, 4) is 11.3 Å². The number of anilines is 1. The minimum absolute atomic E-state index is 0.0525. The number of halogens is 2. The zero-order valence-corrected chi connectivity index (χ0v) is 12.5. The Labute approximate surface area is 130 Å². The van der Waals surface area contributed by atoms with E-state index in [1.807, 2.05) is 6.08 Å². The molecule has 1 aromatic heterocycles. The molecule has 1 atom stereocenters. The zero-order chi connectivity index (χ0) is 15.5. The van der Waals surface area contributed by atoms with E-state index in [0.29, 0.717) is 10.8 Å². The van der Waals surface area contributed by atoms with Crippen LogP contribution in [-0.2, 0) is 4.79 Å². The highest BCUT2D eigenvalue weighted by atomic mass is 32.1. The molecule has 0 spiro atoms. The van der Waals surface area contributed by atoms with E-state index < -0.39 is 11.6 Å². The molecule has 1 aliphatic carbocycles. The molecule has 3 nitrogen and oxygen atoms in total. The summed E-state index contributed by atoms with van der Waals surface area (Å²) < 4.78 is 26.9. The summed E-state index contributed by atoms with van der Waals surface area (Å²) in [4.78, 5) is 16.3. The average Bonchev–Trinajstić information content (AvgIpc) is 2.99. The molecule has 1 aliphatic rings. The maximum atomic E-state index is 13.7. The highest BCUT2D eigenvalue weighted by molar-refractivity contribution is 7.14.